The molecule has 4 heteroatoms. The van der Waals surface area contributed by atoms with Crippen LogP contribution >= 0.6 is 0 Å². The second-order valence-corrected chi connectivity index (χ2v) is 3.25. The molecule has 2 N–H and O–H groups in total. The Bertz CT molecular complexity index is 326. The van der Waals surface area contributed by atoms with Crippen LogP contribution in [0, 0.1) is 0 Å². The van der Waals surface area contributed by atoms with Crippen molar-refractivity contribution in [2.24, 2.45) is 5.73 Å². The first-order chi connectivity index (χ1) is 7.28. The molecular weight excluding hydrogens is 190 g/mol. The molecule has 4 nitrogen and oxygen atoms in total. The molecule has 15 heavy (non-hydrogen) atoms. The first kappa shape index (κ1) is 11.9. The molecule has 84 valence electrons. The molecule has 1 rings (SSSR count). The SMILES string of the molecule is CCOc1nnc(CC)c(CC)c1CN. The highest BCUT2D eigenvalue weighted by Crippen LogP contribution is 2.21. The van der Waals surface area contributed by atoms with E-state index in [9.17, 15) is 0 Å². The minimum atomic E-state index is 0.459. The van der Waals surface area contributed by atoms with Crippen LogP contribution in [0.2, 0.25) is 0 Å². The van der Waals surface area contributed by atoms with E-state index in [1.54, 1.807) is 0 Å². The Kier molecular flexibility index (Phi) is 4.49. The summed E-state index contributed by atoms with van der Waals surface area (Å²) in [4.78, 5) is 0. The average molecular weight is 209 g/mol. The van der Waals surface area contributed by atoms with Crippen molar-refractivity contribution in [1.29, 1.82) is 0 Å². The molecule has 0 aromatic carbocycles. The van der Waals surface area contributed by atoms with Crippen molar-refractivity contribution in [3.05, 3.63) is 16.8 Å². The van der Waals surface area contributed by atoms with E-state index in [0.717, 1.165) is 24.1 Å². The topological polar surface area (TPSA) is 61.0 Å². The molecule has 0 amide bonds. The van der Waals surface area contributed by atoms with Crippen LogP contribution < -0.4 is 10.5 Å². The number of hydrogen-bond donors (Lipinski definition) is 1. The van der Waals surface area contributed by atoms with Crippen molar-refractivity contribution in [2.75, 3.05) is 6.61 Å². The van der Waals surface area contributed by atoms with E-state index in [-0.39, 0.29) is 0 Å². The highest BCUT2D eigenvalue weighted by Gasteiger charge is 2.13. The van der Waals surface area contributed by atoms with E-state index in [1.165, 1.54) is 5.56 Å². The van der Waals surface area contributed by atoms with Crippen LogP contribution in [0.1, 0.15) is 37.6 Å². The summed E-state index contributed by atoms with van der Waals surface area (Å²) in [5.74, 6) is 0.592. The van der Waals surface area contributed by atoms with Gasteiger partial charge in [0.25, 0.3) is 0 Å². The summed E-state index contributed by atoms with van der Waals surface area (Å²) in [6, 6.07) is 0. The van der Waals surface area contributed by atoms with Gasteiger partial charge in [0.05, 0.1) is 12.3 Å². The summed E-state index contributed by atoms with van der Waals surface area (Å²) in [5.41, 5.74) is 8.96. The van der Waals surface area contributed by atoms with Crippen LogP contribution in [0.3, 0.4) is 0 Å². The van der Waals surface area contributed by atoms with Gasteiger partial charge < -0.3 is 10.5 Å². The number of hydrogen-bond acceptors (Lipinski definition) is 4. The summed E-state index contributed by atoms with van der Waals surface area (Å²) in [6.07, 6.45) is 1.81. The third-order valence-electron chi connectivity index (χ3n) is 2.41. The summed E-state index contributed by atoms with van der Waals surface area (Å²) in [5, 5.41) is 8.23. The van der Waals surface area contributed by atoms with Gasteiger partial charge in [-0.05, 0) is 25.3 Å². The summed E-state index contributed by atoms with van der Waals surface area (Å²) in [7, 11) is 0. The van der Waals surface area contributed by atoms with Gasteiger partial charge in [-0.1, -0.05) is 13.8 Å². The maximum absolute atomic E-state index is 5.73. The summed E-state index contributed by atoms with van der Waals surface area (Å²) < 4.78 is 5.42. The van der Waals surface area contributed by atoms with Crippen LogP contribution in [0.25, 0.3) is 0 Å². The predicted molar refractivity (Wildman–Crippen MR) is 59.8 cm³/mol. The normalized spacial score (nSPS) is 10.4. The Morgan fingerprint density at radius 1 is 1.07 bits per heavy atom. The van der Waals surface area contributed by atoms with Crippen molar-refractivity contribution in [3.63, 3.8) is 0 Å². The van der Waals surface area contributed by atoms with Gasteiger partial charge in [0.2, 0.25) is 5.88 Å². The van der Waals surface area contributed by atoms with E-state index in [4.69, 9.17) is 10.5 Å². The fourth-order valence-corrected chi connectivity index (χ4v) is 1.69. The molecule has 0 aliphatic carbocycles. The number of nitrogens with two attached hydrogens (primary N) is 1. The highest BCUT2D eigenvalue weighted by molar-refractivity contribution is 5.36. The molecule has 0 radical (unpaired) electrons. The molecule has 0 saturated heterocycles. The zero-order chi connectivity index (χ0) is 11.3. The van der Waals surface area contributed by atoms with Crippen molar-refractivity contribution in [1.82, 2.24) is 10.2 Å². The number of nitrogens with zero attached hydrogens (tertiary/aromatic N) is 2. The molecule has 1 aromatic heterocycles. The standard InChI is InChI=1S/C11H19N3O/c1-4-8-9(7-12)11(15-6-3)14-13-10(8)5-2/h4-7,12H2,1-3H3. The minimum Gasteiger partial charge on any atom is -0.477 e. The molecular formula is C11H19N3O. The molecule has 0 fully saturated rings. The lowest BCUT2D eigenvalue weighted by Crippen LogP contribution is -2.11. The van der Waals surface area contributed by atoms with Gasteiger partial charge in [-0.3, -0.25) is 0 Å². The average Bonchev–Trinajstić information content (AvgIpc) is 2.28. The maximum atomic E-state index is 5.73. The molecule has 0 aliphatic rings. The molecule has 0 saturated carbocycles. The lowest BCUT2D eigenvalue weighted by Gasteiger charge is -2.13. The lowest BCUT2D eigenvalue weighted by molar-refractivity contribution is 0.317. The molecule has 0 atom stereocenters. The number of aryl methyl sites for hydroxylation is 1. The van der Waals surface area contributed by atoms with Gasteiger partial charge >= 0.3 is 0 Å². The molecule has 0 unspecified atom stereocenters. The van der Waals surface area contributed by atoms with Crippen LogP contribution in [0.4, 0.5) is 0 Å². The first-order valence-electron chi connectivity index (χ1n) is 5.48. The Labute approximate surface area is 90.8 Å². The first-order valence-corrected chi connectivity index (χ1v) is 5.48. The van der Waals surface area contributed by atoms with Gasteiger partial charge in [0.1, 0.15) is 0 Å². The fourth-order valence-electron chi connectivity index (χ4n) is 1.69. The Balaban J connectivity index is 3.21. The van der Waals surface area contributed by atoms with Gasteiger partial charge in [0.15, 0.2) is 0 Å². The predicted octanol–water partition coefficient (Wildman–Crippen LogP) is 1.46. The maximum Gasteiger partial charge on any atom is 0.238 e. The van der Waals surface area contributed by atoms with E-state index < -0.39 is 0 Å². The molecule has 0 spiro atoms. The van der Waals surface area contributed by atoms with E-state index in [1.807, 2.05) is 6.92 Å². The molecule has 1 aromatic rings. The molecule has 1 heterocycles. The fraction of sp³-hybridized carbons (Fsp3) is 0.636. The van der Waals surface area contributed by atoms with Crippen molar-refractivity contribution >= 4 is 0 Å². The van der Waals surface area contributed by atoms with Gasteiger partial charge in [-0.15, -0.1) is 5.10 Å². The summed E-state index contributed by atoms with van der Waals surface area (Å²) in [6.45, 7) is 7.16. The third kappa shape index (κ3) is 2.45. The van der Waals surface area contributed by atoms with Gasteiger partial charge in [0, 0.05) is 12.1 Å². The largest absolute Gasteiger partial charge is 0.477 e. The zero-order valence-electron chi connectivity index (χ0n) is 9.71. The molecule has 0 aliphatic heterocycles. The van der Waals surface area contributed by atoms with E-state index in [2.05, 4.69) is 24.0 Å². The van der Waals surface area contributed by atoms with Gasteiger partial charge in [-0.2, -0.15) is 5.10 Å². The number of aromatic nitrogens is 2. The number of rotatable bonds is 5. The third-order valence-corrected chi connectivity index (χ3v) is 2.41. The Morgan fingerprint density at radius 3 is 2.27 bits per heavy atom. The second kappa shape index (κ2) is 5.66. The Hall–Kier alpha value is -1.16. The monoisotopic (exact) mass is 209 g/mol. The zero-order valence-corrected chi connectivity index (χ0v) is 9.71. The summed E-state index contributed by atoms with van der Waals surface area (Å²) >= 11 is 0. The quantitative estimate of drug-likeness (QED) is 0.797. The van der Waals surface area contributed by atoms with Crippen LogP contribution in [0.15, 0.2) is 0 Å². The Morgan fingerprint density at radius 2 is 1.80 bits per heavy atom. The van der Waals surface area contributed by atoms with Crippen LogP contribution in [0.5, 0.6) is 5.88 Å². The van der Waals surface area contributed by atoms with Crippen LogP contribution in [-0.2, 0) is 19.4 Å². The van der Waals surface area contributed by atoms with E-state index in [0.29, 0.717) is 19.0 Å². The van der Waals surface area contributed by atoms with E-state index >= 15 is 0 Å². The number of ether oxygens (including phenoxy) is 1. The van der Waals surface area contributed by atoms with Crippen molar-refractivity contribution in [2.45, 2.75) is 40.2 Å². The smallest absolute Gasteiger partial charge is 0.238 e. The minimum absolute atomic E-state index is 0.459. The van der Waals surface area contributed by atoms with Crippen molar-refractivity contribution < 1.29 is 4.74 Å². The highest BCUT2D eigenvalue weighted by atomic mass is 16.5. The second-order valence-electron chi connectivity index (χ2n) is 3.25. The van der Waals surface area contributed by atoms with Crippen molar-refractivity contribution in [3.8, 4) is 5.88 Å². The molecule has 0 bridgehead atoms. The lowest BCUT2D eigenvalue weighted by atomic mass is 10.0. The van der Waals surface area contributed by atoms with Crippen LogP contribution in [-0.4, -0.2) is 16.8 Å². The van der Waals surface area contributed by atoms with Gasteiger partial charge in [-0.25, -0.2) is 0 Å².